The summed E-state index contributed by atoms with van der Waals surface area (Å²) < 4.78 is 19.7. The number of rotatable bonds is 9. The lowest BCUT2D eigenvalue weighted by Gasteiger charge is -2.29. The molecule has 2 atom stereocenters. The zero-order valence-electron chi connectivity index (χ0n) is 17.1. The summed E-state index contributed by atoms with van der Waals surface area (Å²) in [6.45, 7) is 4.99. The third-order valence-corrected chi connectivity index (χ3v) is 5.24. The van der Waals surface area contributed by atoms with Crippen molar-refractivity contribution in [2.24, 2.45) is 0 Å². The third-order valence-electron chi connectivity index (χ3n) is 4.71. The molecule has 0 unspecified atom stereocenters. The van der Waals surface area contributed by atoms with Crippen LogP contribution in [0.5, 0.6) is 5.75 Å². The van der Waals surface area contributed by atoms with Crippen LogP contribution in [0.25, 0.3) is 0 Å². The Morgan fingerprint density at radius 1 is 1.17 bits per heavy atom. The molecule has 0 aliphatic heterocycles. The molecule has 0 spiro atoms. The number of hydrogen-bond acceptors (Lipinski definition) is 3. The van der Waals surface area contributed by atoms with Crippen molar-refractivity contribution in [3.63, 3.8) is 0 Å². The first-order valence-electron chi connectivity index (χ1n) is 9.64. The SMILES string of the molecule is CC[C@H](C)NC(=O)[C@H](C)N(Cc1ccccc1F)C(=O)COc1ccc(Cl)cc1Cl. The van der Waals surface area contributed by atoms with Crippen molar-refractivity contribution >= 4 is 35.0 Å². The summed E-state index contributed by atoms with van der Waals surface area (Å²) in [5.41, 5.74) is 0.304. The maximum Gasteiger partial charge on any atom is 0.261 e. The zero-order chi connectivity index (χ0) is 22.3. The Hall–Kier alpha value is -2.31. The van der Waals surface area contributed by atoms with Gasteiger partial charge < -0.3 is 15.0 Å². The summed E-state index contributed by atoms with van der Waals surface area (Å²) in [5.74, 6) is -0.960. The van der Waals surface area contributed by atoms with Crippen molar-refractivity contribution in [1.29, 1.82) is 0 Å². The molecule has 0 heterocycles. The number of halogens is 3. The van der Waals surface area contributed by atoms with E-state index in [0.717, 1.165) is 6.42 Å². The van der Waals surface area contributed by atoms with Crippen LogP contribution < -0.4 is 10.1 Å². The molecule has 0 aromatic heterocycles. The van der Waals surface area contributed by atoms with Gasteiger partial charge in [0.25, 0.3) is 5.91 Å². The Balaban J connectivity index is 2.19. The van der Waals surface area contributed by atoms with Crippen LogP contribution in [0.1, 0.15) is 32.8 Å². The lowest BCUT2D eigenvalue weighted by Crippen LogP contribution is -2.50. The highest BCUT2D eigenvalue weighted by atomic mass is 35.5. The van der Waals surface area contributed by atoms with Gasteiger partial charge in [0.15, 0.2) is 6.61 Å². The zero-order valence-corrected chi connectivity index (χ0v) is 18.6. The van der Waals surface area contributed by atoms with Crippen LogP contribution in [0, 0.1) is 5.82 Å². The average Bonchev–Trinajstić information content (AvgIpc) is 2.71. The van der Waals surface area contributed by atoms with Crippen LogP contribution in [-0.4, -0.2) is 35.4 Å². The van der Waals surface area contributed by atoms with Gasteiger partial charge in [0.2, 0.25) is 5.91 Å². The van der Waals surface area contributed by atoms with Gasteiger partial charge in [-0.15, -0.1) is 0 Å². The molecule has 0 radical (unpaired) electrons. The van der Waals surface area contributed by atoms with Gasteiger partial charge in [-0.1, -0.05) is 48.3 Å². The molecule has 1 N–H and O–H groups in total. The van der Waals surface area contributed by atoms with E-state index in [9.17, 15) is 14.0 Å². The summed E-state index contributed by atoms with van der Waals surface area (Å²) in [4.78, 5) is 26.9. The van der Waals surface area contributed by atoms with E-state index in [2.05, 4.69) is 5.32 Å². The van der Waals surface area contributed by atoms with Gasteiger partial charge in [-0.2, -0.15) is 0 Å². The fraction of sp³-hybridized carbons (Fsp3) is 0.364. The first-order valence-corrected chi connectivity index (χ1v) is 10.4. The molecule has 5 nitrogen and oxygen atoms in total. The topological polar surface area (TPSA) is 58.6 Å². The molecule has 2 aromatic rings. The average molecular weight is 455 g/mol. The molecule has 2 rings (SSSR count). The number of carbonyl (C=O) groups is 2. The first-order chi connectivity index (χ1) is 14.2. The molecule has 0 aliphatic carbocycles. The van der Waals surface area contributed by atoms with E-state index >= 15 is 0 Å². The fourth-order valence-electron chi connectivity index (χ4n) is 2.67. The van der Waals surface area contributed by atoms with E-state index in [1.165, 1.54) is 17.0 Å². The van der Waals surface area contributed by atoms with E-state index in [4.69, 9.17) is 27.9 Å². The second kappa shape index (κ2) is 11.2. The quantitative estimate of drug-likeness (QED) is 0.589. The smallest absolute Gasteiger partial charge is 0.261 e. The van der Waals surface area contributed by atoms with Gasteiger partial charge in [-0.3, -0.25) is 9.59 Å². The van der Waals surface area contributed by atoms with Gasteiger partial charge in [0.1, 0.15) is 17.6 Å². The molecule has 0 aliphatic rings. The van der Waals surface area contributed by atoms with Crippen LogP contribution in [-0.2, 0) is 16.1 Å². The number of nitrogens with one attached hydrogen (secondary N) is 1. The second-order valence-electron chi connectivity index (χ2n) is 6.97. The van der Waals surface area contributed by atoms with Crippen molar-refractivity contribution in [3.05, 3.63) is 63.9 Å². The van der Waals surface area contributed by atoms with Crippen LogP contribution >= 0.6 is 23.2 Å². The van der Waals surface area contributed by atoms with Crippen molar-refractivity contribution in [1.82, 2.24) is 10.2 Å². The predicted molar refractivity (Wildman–Crippen MR) is 116 cm³/mol. The number of nitrogens with zero attached hydrogens (tertiary/aromatic N) is 1. The second-order valence-corrected chi connectivity index (χ2v) is 7.81. The maximum atomic E-state index is 14.2. The first kappa shape index (κ1) is 24.0. The molecular weight excluding hydrogens is 430 g/mol. The minimum atomic E-state index is -0.824. The number of benzene rings is 2. The third kappa shape index (κ3) is 6.61. The van der Waals surface area contributed by atoms with Crippen molar-refractivity contribution < 1.29 is 18.7 Å². The van der Waals surface area contributed by atoms with Crippen molar-refractivity contribution in [3.8, 4) is 5.75 Å². The predicted octanol–water partition coefficient (Wildman–Crippen LogP) is 4.84. The number of amides is 2. The minimum absolute atomic E-state index is 0.0468. The molecule has 0 fully saturated rings. The summed E-state index contributed by atoms with van der Waals surface area (Å²) in [7, 11) is 0. The molecule has 8 heteroatoms. The highest BCUT2D eigenvalue weighted by molar-refractivity contribution is 6.35. The van der Waals surface area contributed by atoms with Gasteiger partial charge in [-0.25, -0.2) is 4.39 Å². The van der Waals surface area contributed by atoms with Gasteiger partial charge in [0, 0.05) is 23.2 Å². The van der Waals surface area contributed by atoms with Crippen LogP contribution in [0.2, 0.25) is 10.0 Å². The molecule has 162 valence electrons. The summed E-state index contributed by atoms with van der Waals surface area (Å²) in [5, 5.41) is 3.55. The molecule has 0 bridgehead atoms. The Morgan fingerprint density at radius 3 is 2.50 bits per heavy atom. The molecule has 0 saturated heterocycles. The molecule has 0 saturated carbocycles. The lowest BCUT2D eigenvalue weighted by atomic mass is 10.1. The summed E-state index contributed by atoms with van der Waals surface area (Å²) in [6.07, 6.45) is 0.748. The normalized spacial score (nSPS) is 12.7. The fourth-order valence-corrected chi connectivity index (χ4v) is 3.14. The van der Waals surface area contributed by atoms with Crippen LogP contribution in [0.15, 0.2) is 42.5 Å². The number of ether oxygens (including phenoxy) is 1. The standard InChI is InChI=1S/C22H25Cl2FN2O3/c1-4-14(2)26-22(29)15(3)27(12-16-7-5-6-8-19(16)25)21(28)13-30-20-10-9-17(23)11-18(20)24/h5-11,14-15H,4,12-13H2,1-3H3,(H,26,29)/t14-,15-/m0/s1. The van der Waals surface area contributed by atoms with Gasteiger partial charge >= 0.3 is 0 Å². The Bertz CT molecular complexity index is 894. The molecule has 2 aromatic carbocycles. The number of hydrogen-bond donors (Lipinski definition) is 1. The highest BCUT2D eigenvalue weighted by Crippen LogP contribution is 2.27. The maximum absolute atomic E-state index is 14.2. The van der Waals surface area contributed by atoms with Gasteiger partial charge in [0.05, 0.1) is 5.02 Å². The summed E-state index contributed by atoms with van der Waals surface area (Å²) >= 11 is 12.0. The van der Waals surface area contributed by atoms with E-state index < -0.39 is 17.8 Å². The van der Waals surface area contributed by atoms with Crippen molar-refractivity contribution in [2.45, 2.75) is 45.8 Å². The van der Waals surface area contributed by atoms with Crippen LogP contribution in [0.3, 0.4) is 0 Å². The van der Waals surface area contributed by atoms with Crippen LogP contribution in [0.4, 0.5) is 4.39 Å². The molecule has 30 heavy (non-hydrogen) atoms. The Morgan fingerprint density at radius 2 is 1.87 bits per heavy atom. The highest BCUT2D eigenvalue weighted by Gasteiger charge is 2.28. The van der Waals surface area contributed by atoms with E-state index in [1.54, 1.807) is 37.3 Å². The van der Waals surface area contributed by atoms with E-state index in [1.807, 2.05) is 13.8 Å². The van der Waals surface area contributed by atoms with Crippen molar-refractivity contribution in [2.75, 3.05) is 6.61 Å². The minimum Gasteiger partial charge on any atom is -0.482 e. The summed E-state index contributed by atoms with van der Waals surface area (Å²) in [6, 6.07) is 9.90. The Kier molecular flexibility index (Phi) is 8.93. The largest absolute Gasteiger partial charge is 0.482 e. The molecule has 2 amide bonds. The lowest BCUT2D eigenvalue weighted by molar-refractivity contribution is -0.142. The van der Waals surface area contributed by atoms with E-state index in [0.29, 0.717) is 10.6 Å². The van der Waals surface area contributed by atoms with E-state index in [-0.39, 0.29) is 35.9 Å². The monoisotopic (exact) mass is 454 g/mol. The van der Waals surface area contributed by atoms with Gasteiger partial charge in [-0.05, 0) is 44.5 Å². The Labute approximate surface area is 186 Å². The molecular formula is C22H25Cl2FN2O3. The number of carbonyl (C=O) groups excluding carboxylic acids is 2.